The monoisotopic (exact) mass is 354 g/mol. The minimum atomic E-state index is 0.238. The Hall–Kier alpha value is -2.16. The molecule has 0 aromatic heterocycles. The summed E-state index contributed by atoms with van der Waals surface area (Å²) in [6, 6.07) is 4.14. The van der Waals surface area contributed by atoms with E-state index in [9.17, 15) is 10.2 Å². The molecule has 2 aromatic rings. The van der Waals surface area contributed by atoms with Crippen molar-refractivity contribution in [1.82, 2.24) is 0 Å². The fraction of sp³-hybridized carbons (Fsp3) is 0.478. The Labute approximate surface area is 156 Å². The summed E-state index contributed by atoms with van der Waals surface area (Å²) in [5, 5.41) is 20.8. The predicted molar refractivity (Wildman–Crippen MR) is 106 cm³/mol. The summed E-state index contributed by atoms with van der Waals surface area (Å²) in [6.07, 6.45) is 5.92. The summed E-state index contributed by atoms with van der Waals surface area (Å²) in [6.45, 7) is 9.93. The first-order chi connectivity index (χ1) is 12.4. The summed E-state index contributed by atoms with van der Waals surface area (Å²) in [5.74, 6) is 2.35. The standard InChI is InChI=1S/C23H30O3/c1-6-7-8-9-10-17-18-11-13(2)20(24)15(4)22(18)26-23-16(5)21(25)14(3)12-19(17)23/h11-12,17,24-25H,6-10H2,1-5H3. The number of unbranched alkanes of at least 4 members (excludes halogenated alkanes) is 3. The molecule has 0 atom stereocenters. The van der Waals surface area contributed by atoms with Crippen LogP contribution in [-0.4, -0.2) is 10.2 Å². The second kappa shape index (κ2) is 7.22. The summed E-state index contributed by atoms with van der Waals surface area (Å²) in [5.41, 5.74) is 5.66. The minimum Gasteiger partial charge on any atom is -0.507 e. The van der Waals surface area contributed by atoms with Gasteiger partial charge in [0.2, 0.25) is 0 Å². The Morgan fingerprint density at radius 3 is 1.77 bits per heavy atom. The Morgan fingerprint density at radius 1 is 0.808 bits per heavy atom. The topological polar surface area (TPSA) is 49.7 Å². The Bertz CT molecular complexity index is 773. The molecule has 140 valence electrons. The number of fused-ring (bicyclic) bond motifs is 2. The molecule has 3 rings (SSSR count). The van der Waals surface area contributed by atoms with E-state index in [1.165, 1.54) is 19.3 Å². The fourth-order valence-corrected chi connectivity index (χ4v) is 4.12. The van der Waals surface area contributed by atoms with Crippen molar-refractivity contribution in [3.8, 4) is 23.0 Å². The molecule has 0 aliphatic carbocycles. The fourth-order valence-electron chi connectivity index (χ4n) is 4.12. The lowest BCUT2D eigenvalue weighted by Crippen LogP contribution is -2.13. The highest BCUT2D eigenvalue weighted by Gasteiger charge is 2.32. The zero-order chi connectivity index (χ0) is 19.0. The van der Waals surface area contributed by atoms with E-state index in [4.69, 9.17) is 4.74 Å². The van der Waals surface area contributed by atoms with Crippen molar-refractivity contribution in [3.05, 3.63) is 45.5 Å². The van der Waals surface area contributed by atoms with Crippen molar-refractivity contribution >= 4 is 0 Å². The van der Waals surface area contributed by atoms with Crippen LogP contribution >= 0.6 is 0 Å². The molecule has 0 fully saturated rings. The highest BCUT2D eigenvalue weighted by molar-refractivity contribution is 5.65. The van der Waals surface area contributed by atoms with E-state index in [2.05, 4.69) is 19.1 Å². The van der Waals surface area contributed by atoms with Crippen LogP contribution in [0, 0.1) is 27.7 Å². The normalized spacial score (nSPS) is 13.3. The smallest absolute Gasteiger partial charge is 0.137 e. The molecule has 0 bridgehead atoms. The van der Waals surface area contributed by atoms with Crippen LogP contribution in [0.1, 0.15) is 78.3 Å². The van der Waals surface area contributed by atoms with Crippen LogP contribution in [0.3, 0.4) is 0 Å². The lowest BCUT2D eigenvalue weighted by Gasteiger charge is -2.32. The zero-order valence-corrected chi connectivity index (χ0v) is 16.6. The molecule has 0 saturated heterocycles. The zero-order valence-electron chi connectivity index (χ0n) is 16.6. The number of ether oxygens (including phenoxy) is 1. The number of rotatable bonds is 5. The molecule has 0 radical (unpaired) electrons. The van der Waals surface area contributed by atoms with Gasteiger partial charge in [-0.25, -0.2) is 0 Å². The quantitative estimate of drug-likeness (QED) is 0.599. The van der Waals surface area contributed by atoms with Gasteiger partial charge in [0, 0.05) is 28.2 Å². The van der Waals surface area contributed by atoms with E-state index < -0.39 is 0 Å². The van der Waals surface area contributed by atoms with Crippen LogP contribution in [0.2, 0.25) is 0 Å². The highest BCUT2D eigenvalue weighted by atomic mass is 16.5. The third-order valence-corrected chi connectivity index (χ3v) is 5.71. The van der Waals surface area contributed by atoms with Gasteiger partial charge in [-0.3, -0.25) is 0 Å². The first-order valence-corrected chi connectivity index (χ1v) is 9.70. The third kappa shape index (κ3) is 3.04. The van der Waals surface area contributed by atoms with E-state index in [0.29, 0.717) is 11.5 Å². The number of hydrogen-bond acceptors (Lipinski definition) is 3. The molecule has 0 amide bonds. The van der Waals surface area contributed by atoms with E-state index in [1.54, 1.807) is 0 Å². The van der Waals surface area contributed by atoms with Gasteiger partial charge in [0.25, 0.3) is 0 Å². The van der Waals surface area contributed by atoms with Crippen molar-refractivity contribution in [1.29, 1.82) is 0 Å². The summed E-state index contributed by atoms with van der Waals surface area (Å²) in [4.78, 5) is 0. The van der Waals surface area contributed by atoms with Gasteiger partial charge in [0.15, 0.2) is 0 Å². The van der Waals surface area contributed by atoms with Gasteiger partial charge in [-0.05, 0) is 57.4 Å². The molecule has 3 nitrogen and oxygen atoms in total. The van der Waals surface area contributed by atoms with Crippen LogP contribution in [0.25, 0.3) is 0 Å². The summed E-state index contributed by atoms with van der Waals surface area (Å²) >= 11 is 0. The molecule has 0 spiro atoms. The molecule has 2 N–H and O–H groups in total. The van der Waals surface area contributed by atoms with Crippen LogP contribution in [0.5, 0.6) is 23.0 Å². The molecule has 1 heterocycles. The molecule has 0 unspecified atom stereocenters. The first kappa shape index (κ1) is 18.6. The van der Waals surface area contributed by atoms with Gasteiger partial charge in [0.1, 0.15) is 23.0 Å². The lowest BCUT2D eigenvalue weighted by molar-refractivity contribution is 0.406. The van der Waals surface area contributed by atoms with Gasteiger partial charge < -0.3 is 14.9 Å². The largest absolute Gasteiger partial charge is 0.507 e. The number of benzene rings is 2. The predicted octanol–water partition coefficient (Wildman–Crippen LogP) is 6.54. The number of phenolic OH excluding ortho intramolecular Hbond substituents is 2. The molecule has 26 heavy (non-hydrogen) atoms. The molecule has 0 saturated carbocycles. The Morgan fingerprint density at radius 2 is 1.31 bits per heavy atom. The van der Waals surface area contributed by atoms with Crippen LogP contribution in [0.15, 0.2) is 12.1 Å². The SMILES string of the molecule is CCCCCCC1c2cc(C)c(O)c(C)c2Oc2c1cc(C)c(O)c2C. The van der Waals surface area contributed by atoms with Crippen molar-refractivity contribution < 1.29 is 14.9 Å². The Balaban J connectivity index is 2.13. The molecular formula is C23H30O3. The van der Waals surface area contributed by atoms with Gasteiger partial charge in [-0.2, -0.15) is 0 Å². The van der Waals surface area contributed by atoms with Crippen LogP contribution in [-0.2, 0) is 0 Å². The molecule has 1 aliphatic heterocycles. The maximum Gasteiger partial charge on any atom is 0.137 e. The van der Waals surface area contributed by atoms with Crippen molar-refractivity contribution in [2.75, 3.05) is 0 Å². The van der Waals surface area contributed by atoms with E-state index in [0.717, 1.165) is 57.7 Å². The summed E-state index contributed by atoms with van der Waals surface area (Å²) in [7, 11) is 0. The van der Waals surface area contributed by atoms with Crippen LogP contribution < -0.4 is 4.74 Å². The maximum absolute atomic E-state index is 10.4. The van der Waals surface area contributed by atoms with Gasteiger partial charge in [0.05, 0.1) is 0 Å². The molecule has 2 aromatic carbocycles. The van der Waals surface area contributed by atoms with Gasteiger partial charge in [-0.1, -0.05) is 32.6 Å². The van der Waals surface area contributed by atoms with Gasteiger partial charge in [-0.15, -0.1) is 0 Å². The number of aryl methyl sites for hydroxylation is 2. The van der Waals surface area contributed by atoms with Crippen molar-refractivity contribution in [2.24, 2.45) is 0 Å². The summed E-state index contributed by atoms with van der Waals surface area (Å²) < 4.78 is 6.25. The molecular weight excluding hydrogens is 324 g/mol. The van der Waals surface area contributed by atoms with E-state index in [-0.39, 0.29) is 5.92 Å². The molecule has 1 aliphatic rings. The number of phenols is 2. The molecule has 3 heteroatoms. The number of hydrogen-bond donors (Lipinski definition) is 2. The van der Waals surface area contributed by atoms with Crippen molar-refractivity contribution in [3.63, 3.8) is 0 Å². The van der Waals surface area contributed by atoms with Gasteiger partial charge >= 0.3 is 0 Å². The average Bonchev–Trinajstić information content (AvgIpc) is 2.62. The van der Waals surface area contributed by atoms with E-state index in [1.807, 2.05) is 27.7 Å². The van der Waals surface area contributed by atoms with E-state index >= 15 is 0 Å². The Kier molecular flexibility index (Phi) is 5.17. The second-order valence-electron chi connectivity index (χ2n) is 7.67. The van der Waals surface area contributed by atoms with Crippen LogP contribution in [0.4, 0.5) is 0 Å². The highest BCUT2D eigenvalue weighted by Crippen LogP contribution is 2.52. The van der Waals surface area contributed by atoms with Crippen molar-refractivity contribution in [2.45, 2.75) is 72.6 Å². The minimum absolute atomic E-state index is 0.238. The number of aromatic hydroxyl groups is 2. The first-order valence-electron chi connectivity index (χ1n) is 9.70. The average molecular weight is 354 g/mol. The third-order valence-electron chi connectivity index (χ3n) is 5.71. The maximum atomic E-state index is 10.4. The lowest BCUT2D eigenvalue weighted by atomic mass is 9.81. The second-order valence-corrected chi connectivity index (χ2v) is 7.67.